The fourth-order valence-corrected chi connectivity index (χ4v) is 1.84. The highest BCUT2D eigenvalue weighted by Gasteiger charge is 2.08. The molecule has 0 aliphatic rings. The van der Waals surface area contributed by atoms with Gasteiger partial charge in [-0.1, -0.05) is 6.07 Å². The first-order valence-corrected chi connectivity index (χ1v) is 6.98. The summed E-state index contributed by atoms with van der Waals surface area (Å²) in [6.45, 7) is 2.02. The summed E-state index contributed by atoms with van der Waals surface area (Å²) in [5.74, 6) is -1.22. The summed E-state index contributed by atoms with van der Waals surface area (Å²) >= 11 is 0. The summed E-state index contributed by atoms with van der Waals surface area (Å²) < 4.78 is 13.4. The third-order valence-electron chi connectivity index (χ3n) is 3.18. The van der Waals surface area contributed by atoms with Gasteiger partial charge in [0.05, 0.1) is 5.56 Å². The molecular formula is C16H16FN3O3. The quantitative estimate of drug-likeness (QED) is 0.718. The van der Waals surface area contributed by atoms with E-state index in [-0.39, 0.29) is 30.1 Å². The Bertz CT molecular complexity index is 766. The lowest BCUT2D eigenvalue weighted by Gasteiger charge is -2.07. The molecule has 0 saturated heterocycles. The number of amides is 2. The van der Waals surface area contributed by atoms with Crippen molar-refractivity contribution in [3.8, 4) is 0 Å². The number of carbonyl (C=O) groups is 2. The fraction of sp³-hybridized carbons (Fsp3) is 0.188. The Balaban J connectivity index is 1.79. The molecule has 2 amide bonds. The van der Waals surface area contributed by atoms with Crippen LogP contribution in [0.3, 0.4) is 0 Å². The molecule has 120 valence electrons. The Morgan fingerprint density at radius 1 is 1.04 bits per heavy atom. The third-order valence-corrected chi connectivity index (χ3v) is 3.18. The second kappa shape index (κ2) is 7.35. The smallest absolute Gasteiger partial charge is 0.252 e. The summed E-state index contributed by atoms with van der Waals surface area (Å²) in [4.78, 5) is 36.9. The fourth-order valence-electron chi connectivity index (χ4n) is 1.84. The first kappa shape index (κ1) is 16.4. The van der Waals surface area contributed by atoms with Crippen LogP contribution in [0.25, 0.3) is 0 Å². The lowest BCUT2D eigenvalue weighted by molar-refractivity contribution is 0.0927. The molecule has 0 aliphatic carbocycles. The van der Waals surface area contributed by atoms with Gasteiger partial charge in [-0.3, -0.25) is 14.4 Å². The largest absolute Gasteiger partial charge is 0.350 e. The van der Waals surface area contributed by atoms with Gasteiger partial charge in [0, 0.05) is 30.9 Å². The number of nitrogens with one attached hydrogen (secondary N) is 3. The van der Waals surface area contributed by atoms with Crippen molar-refractivity contribution in [2.24, 2.45) is 0 Å². The van der Waals surface area contributed by atoms with Crippen LogP contribution in [0.15, 0.2) is 41.3 Å². The molecule has 23 heavy (non-hydrogen) atoms. The molecule has 3 N–H and O–H groups in total. The van der Waals surface area contributed by atoms with Crippen molar-refractivity contribution >= 4 is 11.8 Å². The number of rotatable bonds is 5. The lowest BCUT2D eigenvalue weighted by atomic mass is 10.1. The number of aromatic nitrogens is 1. The average molecular weight is 317 g/mol. The lowest BCUT2D eigenvalue weighted by Crippen LogP contribution is -2.34. The molecule has 0 saturated carbocycles. The van der Waals surface area contributed by atoms with Crippen LogP contribution in [0, 0.1) is 12.7 Å². The van der Waals surface area contributed by atoms with Crippen molar-refractivity contribution in [1.29, 1.82) is 0 Å². The summed E-state index contributed by atoms with van der Waals surface area (Å²) in [5, 5.41) is 5.18. The minimum atomic E-state index is -0.441. The van der Waals surface area contributed by atoms with Gasteiger partial charge < -0.3 is 15.6 Å². The number of halogens is 1. The number of benzene rings is 1. The molecule has 7 heteroatoms. The SMILES string of the molecule is Cc1ccc(C(=O)NCCNC(=O)c2ccc(=O)[nH]c2)cc1F. The monoisotopic (exact) mass is 317 g/mol. The van der Waals surface area contributed by atoms with Gasteiger partial charge in [-0.2, -0.15) is 0 Å². The van der Waals surface area contributed by atoms with Crippen molar-refractivity contribution in [2.45, 2.75) is 6.92 Å². The van der Waals surface area contributed by atoms with E-state index in [9.17, 15) is 18.8 Å². The number of hydrogen-bond acceptors (Lipinski definition) is 3. The predicted molar refractivity (Wildman–Crippen MR) is 82.9 cm³/mol. The molecule has 0 bridgehead atoms. The van der Waals surface area contributed by atoms with Gasteiger partial charge in [-0.25, -0.2) is 4.39 Å². The summed E-state index contributed by atoms with van der Waals surface area (Å²) in [7, 11) is 0. The van der Waals surface area contributed by atoms with Crippen LogP contribution in [-0.2, 0) is 0 Å². The Kier molecular flexibility index (Phi) is 5.24. The van der Waals surface area contributed by atoms with E-state index in [1.807, 2.05) is 0 Å². The second-order valence-corrected chi connectivity index (χ2v) is 4.92. The Hall–Kier alpha value is -2.96. The third kappa shape index (κ3) is 4.50. The van der Waals surface area contributed by atoms with E-state index in [0.29, 0.717) is 11.1 Å². The van der Waals surface area contributed by atoms with Crippen molar-refractivity contribution in [1.82, 2.24) is 15.6 Å². The van der Waals surface area contributed by atoms with E-state index >= 15 is 0 Å². The van der Waals surface area contributed by atoms with Crippen LogP contribution in [-0.4, -0.2) is 29.9 Å². The molecule has 0 fully saturated rings. The molecule has 0 atom stereocenters. The highest BCUT2D eigenvalue weighted by atomic mass is 19.1. The van der Waals surface area contributed by atoms with Crippen LogP contribution in [0.2, 0.25) is 0 Å². The average Bonchev–Trinajstić information content (AvgIpc) is 2.54. The predicted octanol–water partition coefficient (Wildman–Crippen LogP) is 0.982. The minimum Gasteiger partial charge on any atom is -0.350 e. The van der Waals surface area contributed by atoms with Crippen LogP contribution < -0.4 is 16.2 Å². The Morgan fingerprint density at radius 2 is 1.65 bits per heavy atom. The number of hydrogen-bond donors (Lipinski definition) is 3. The first-order chi connectivity index (χ1) is 11.0. The van der Waals surface area contributed by atoms with Gasteiger partial charge in [0.25, 0.3) is 11.8 Å². The minimum absolute atomic E-state index is 0.198. The van der Waals surface area contributed by atoms with Gasteiger partial charge in [0.1, 0.15) is 5.82 Å². The van der Waals surface area contributed by atoms with E-state index in [4.69, 9.17) is 0 Å². The zero-order valence-electron chi connectivity index (χ0n) is 12.5. The Labute approximate surface area is 131 Å². The number of carbonyl (C=O) groups excluding carboxylic acids is 2. The Morgan fingerprint density at radius 3 is 2.22 bits per heavy atom. The highest BCUT2D eigenvalue weighted by molar-refractivity contribution is 5.95. The zero-order chi connectivity index (χ0) is 16.8. The van der Waals surface area contributed by atoms with Crippen molar-refractivity contribution in [2.75, 3.05) is 13.1 Å². The summed E-state index contributed by atoms with van der Waals surface area (Å²) in [6.07, 6.45) is 1.31. The van der Waals surface area contributed by atoms with E-state index in [1.165, 1.54) is 36.5 Å². The number of pyridine rings is 1. The maximum Gasteiger partial charge on any atom is 0.252 e. The van der Waals surface area contributed by atoms with E-state index < -0.39 is 11.7 Å². The molecule has 1 aromatic heterocycles. The second-order valence-electron chi connectivity index (χ2n) is 4.92. The van der Waals surface area contributed by atoms with E-state index in [0.717, 1.165) is 0 Å². The normalized spacial score (nSPS) is 10.2. The standard InChI is InChI=1S/C16H16FN3O3/c1-10-2-3-11(8-13(10)17)15(22)18-6-7-19-16(23)12-4-5-14(21)20-9-12/h2-5,8-9H,6-7H2,1H3,(H,18,22)(H,19,23)(H,20,21). The topological polar surface area (TPSA) is 91.1 Å². The van der Waals surface area contributed by atoms with Crippen LogP contribution >= 0.6 is 0 Å². The summed E-state index contributed by atoms with van der Waals surface area (Å²) in [6, 6.07) is 6.89. The molecule has 0 radical (unpaired) electrons. The molecule has 1 aromatic carbocycles. The van der Waals surface area contributed by atoms with E-state index in [2.05, 4.69) is 15.6 Å². The van der Waals surface area contributed by atoms with Crippen LogP contribution in [0.1, 0.15) is 26.3 Å². The summed E-state index contributed by atoms with van der Waals surface area (Å²) in [5.41, 5.74) is 0.713. The van der Waals surface area contributed by atoms with Crippen LogP contribution in [0.5, 0.6) is 0 Å². The molecule has 1 heterocycles. The van der Waals surface area contributed by atoms with Crippen molar-refractivity contribution in [3.63, 3.8) is 0 Å². The molecule has 0 aliphatic heterocycles. The first-order valence-electron chi connectivity index (χ1n) is 6.98. The maximum atomic E-state index is 13.4. The highest BCUT2D eigenvalue weighted by Crippen LogP contribution is 2.08. The van der Waals surface area contributed by atoms with Crippen molar-refractivity contribution < 1.29 is 14.0 Å². The molecule has 2 rings (SSSR count). The maximum absolute atomic E-state index is 13.4. The zero-order valence-corrected chi connectivity index (χ0v) is 12.5. The molecule has 0 unspecified atom stereocenters. The van der Waals surface area contributed by atoms with Gasteiger partial charge >= 0.3 is 0 Å². The number of aryl methyl sites for hydroxylation is 1. The van der Waals surface area contributed by atoms with Crippen LogP contribution in [0.4, 0.5) is 4.39 Å². The van der Waals surface area contributed by atoms with Gasteiger partial charge in [-0.15, -0.1) is 0 Å². The molecule has 0 spiro atoms. The molecular weight excluding hydrogens is 301 g/mol. The number of H-pyrrole nitrogens is 1. The van der Waals surface area contributed by atoms with Gasteiger partial charge in [0.2, 0.25) is 5.56 Å². The molecule has 6 nitrogen and oxygen atoms in total. The van der Waals surface area contributed by atoms with Gasteiger partial charge in [0.15, 0.2) is 0 Å². The molecule has 2 aromatic rings. The van der Waals surface area contributed by atoms with Crippen molar-refractivity contribution in [3.05, 3.63) is 69.4 Å². The van der Waals surface area contributed by atoms with Gasteiger partial charge in [-0.05, 0) is 30.7 Å². The van der Waals surface area contributed by atoms with E-state index in [1.54, 1.807) is 6.92 Å². The number of aromatic amines is 1.